The van der Waals surface area contributed by atoms with Gasteiger partial charge in [0.25, 0.3) is 0 Å². The van der Waals surface area contributed by atoms with Gasteiger partial charge in [-0.3, -0.25) is 18.1 Å². The van der Waals surface area contributed by atoms with E-state index in [-0.39, 0.29) is 26.4 Å². The quantitative estimate of drug-likeness (QED) is 0.0345. The van der Waals surface area contributed by atoms with Crippen LogP contribution in [0.25, 0.3) is 0 Å². The van der Waals surface area contributed by atoms with E-state index in [0.29, 0.717) is 0 Å². The molecule has 0 bridgehead atoms. The van der Waals surface area contributed by atoms with Gasteiger partial charge in [-0.2, -0.15) is 4.31 Å². The van der Waals surface area contributed by atoms with E-state index in [1.807, 2.05) is 24.3 Å². The zero-order chi connectivity index (χ0) is 38.8. The number of phosphoric ester groups is 2. The lowest BCUT2D eigenvalue weighted by molar-refractivity contribution is 0.105. The Hall–Kier alpha value is -0.780. The molecule has 0 amide bonds. The Morgan fingerprint density at radius 3 is 0.642 bits per heavy atom. The SMILES string of the molecule is C=CCCCCCCCCCOP(=O)(OCCCCCCCCCC=C)OP(=O)(OCCCCCCCCCC=C)OCCCCCCCCCC=C. The van der Waals surface area contributed by atoms with Crippen LogP contribution >= 0.6 is 15.6 Å². The van der Waals surface area contributed by atoms with Crippen molar-refractivity contribution in [3.05, 3.63) is 50.6 Å². The van der Waals surface area contributed by atoms with Gasteiger partial charge in [-0.15, -0.1) is 26.3 Å². The molecule has 9 heteroatoms. The smallest absolute Gasteiger partial charge is 0.287 e. The van der Waals surface area contributed by atoms with Gasteiger partial charge < -0.3 is 0 Å². The van der Waals surface area contributed by atoms with Crippen molar-refractivity contribution in [3.63, 3.8) is 0 Å². The first kappa shape index (κ1) is 52.2. The average Bonchev–Trinajstić information content (AvgIpc) is 3.14. The van der Waals surface area contributed by atoms with Crippen molar-refractivity contribution < 1.29 is 31.5 Å². The summed E-state index contributed by atoms with van der Waals surface area (Å²) in [6.45, 7) is 16.0. The Kier molecular flexibility index (Phi) is 40.3. The maximum absolute atomic E-state index is 14.0. The topological polar surface area (TPSA) is 80.3 Å². The lowest BCUT2D eigenvalue weighted by Gasteiger charge is -2.23. The van der Waals surface area contributed by atoms with Crippen LogP contribution in [0.5, 0.6) is 0 Å². The number of unbranched alkanes of at least 4 members (excludes halogenated alkanes) is 28. The number of allylic oxidation sites excluding steroid dienone is 4. The predicted molar refractivity (Wildman–Crippen MR) is 229 cm³/mol. The summed E-state index contributed by atoms with van der Waals surface area (Å²) in [6, 6.07) is 0. The normalized spacial score (nSPS) is 11.9. The van der Waals surface area contributed by atoms with E-state index in [9.17, 15) is 9.13 Å². The summed E-state index contributed by atoms with van der Waals surface area (Å²) in [4.78, 5) is 0. The van der Waals surface area contributed by atoms with Gasteiger partial charge in [0.1, 0.15) is 0 Å². The number of hydrogen-bond acceptors (Lipinski definition) is 7. The Balaban J connectivity index is 5.13. The molecule has 0 fully saturated rings. The van der Waals surface area contributed by atoms with Crippen molar-refractivity contribution in [2.75, 3.05) is 26.4 Å². The van der Waals surface area contributed by atoms with Gasteiger partial charge in [-0.05, 0) is 77.0 Å². The fourth-order valence-electron chi connectivity index (χ4n) is 6.10. The maximum Gasteiger partial charge on any atom is 0.483 e. The lowest BCUT2D eigenvalue weighted by Crippen LogP contribution is -2.07. The average molecular weight is 787 g/mol. The summed E-state index contributed by atoms with van der Waals surface area (Å²) >= 11 is 0. The van der Waals surface area contributed by atoms with Crippen LogP contribution in [0.1, 0.15) is 205 Å². The molecule has 0 saturated carbocycles. The summed E-state index contributed by atoms with van der Waals surface area (Å²) in [7, 11) is -8.39. The zero-order valence-electron chi connectivity index (χ0n) is 34.3. The summed E-state index contributed by atoms with van der Waals surface area (Å²) in [5.41, 5.74) is 0. The van der Waals surface area contributed by atoms with Crippen molar-refractivity contribution >= 4 is 15.6 Å². The Morgan fingerprint density at radius 1 is 0.283 bits per heavy atom. The Morgan fingerprint density at radius 2 is 0.453 bits per heavy atom. The molecule has 0 aromatic rings. The van der Waals surface area contributed by atoms with Crippen LogP contribution in [0.2, 0.25) is 0 Å². The van der Waals surface area contributed by atoms with Gasteiger partial charge in [0.05, 0.1) is 26.4 Å². The molecule has 312 valence electrons. The Labute approximate surface area is 328 Å². The van der Waals surface area contributed by atoms with E-state index in [2.05, 4.69) is 26.3 Å². The first-order valence-electron chi connectivity index (χ1n) is 21.9. The minimum absolute atomic E-state index is 0.206. The third kappa shape index (κ3) is 37.9. The second-order valence-electron chi connectivity index (χ2n) is 14.5. The zero-order valence-corrected chi connectivity index (χ0v) is 36.1. The molecule has 0 spiro atoms. The molecule has 0 aromatic heterocycles. The fourth-order valence-corrected chi connectivity index (χ4v) is 9.39. The highest BCUT2D eigenvalue weighted by Crippen LogP contribution is 2.66. The summed E-state index contributed by atoms with van der Waals surface area (Å²) in [6.07, 6.45) is 42.4. The summed E-state index contributed by atoms with van der Waals surface area (Å²) in [5.74, 6) is 0. The molecule has 53 heavy (non-hydrogen) atoms. The molecule has 0 heterocycles. The van der Waals surface area contributed by atoms with Gasteiger partial charge in [0.2, 0.25) is 0 Å². The van der Waals surface area contributed by atoms with Crippen LogP contribution in [-0.2, 0) is 31.5 Å². The third-order valence-corrected chi connectivity index (χ3v) is 13.0. The van der Waals surface area contributed by atoms with Crippen LogP contribution in [0.4, 0.5) is 0 Å². The number of phosphoric acid groups is 2. The van der Waals surface area contributed by atoms with E-state index in [4.69, 9.17) is 22.4 Å². The number of rotatable bonds is 46. The highest BCUT2D eigenvalue weighted by atomic mass is 31.3. The van der Waals surface area contributed by atoms with E-state index >= 15 is 0 Å². The van der Waals surface area contributed by atoms with E-state index < -0.39 is 15.6 Å². The highest BCUT2D eigenvalue weighted by molar-refractivity contribution is 7.62. The largest absolute Gasteiger partial charge is 0.483 e. The second-order valence-corrected chi connectivity index (χ2v) is 18.0. The first-order valence-corrected chi connectivity index (χ1v) is 24.8. The fraction of sp³-hybridized carbons (Fsp3) is 0.818. The molecule has 0 aromatic carbocycles. The molecule has 0 N–H and O–H groups in total. The van der Waals surface area contributed by atoms with Crippen LogP contribution in [0.3, 0.4) is 0 Å². The van der Waals surface area contributed by atoms with Crippen LogP contribution < -0.4 is 0 Å². The number of hydrogen-bond donors (Lipinski definition) is 0. The molecule has 0 atom stereocenters. The van der Waals surface area contributed by atoms with Gasteiger partial charge >= 0.3 is 15.6 Å². The molecule has 0 aliphatic carbocycles. The summed E-state index contributed by atoms with van der Waals surface area (Å²) < 4.78 is 57.1. The van der Waals surface area contributed by atoms with Gasteiger partial charge in [-0.25, -0.2) is 9.13 Å². The lowest BCUT2D eigenvalue weighted by atomic mass is 10.1. The Bertz CT molecular complexity index is 789. The van der Waals surface area contributed by atoms with Gasteiger partial charge in [0.15, 0.2) is 0 Å². The van der Waals surface area contributed by atoms with Crippen molar-refractivity contribution in [3.8, 4) is 0 Å². The van der Waals surface area contributed by atoms with Crippen molar-refractivity contribution in [1.29, 1.82) is 0 Å². The van der Waals surface area contributed by atoms with Crippen molar-refractivity contribution in [1.82, 2.24) is 0 Å². The second kappa shape index (κ2) is 40.9. The maximum atomic E-state index is 14.0. The predicted octanol–water partition coefficient (Wildman–Crippen LogP) is 16.5. The van der Waals surface area contributed by atoms with E-state index in [1.54, 1.807) is 0 Å². The standard InChI is InChI=1S/C44H84O7P2/c1-5-9-13-17-21-25-29-33-37-41-47-52(45,48-42-38-34-30-26-22-18-14-10-6-2)51-53(46,49-43-39-35-31-27-23-19-15-11-7-3)50-44-40-36-32-28-24-20-16-12-8-4/h5-8H,1-4,9-44H2. The molecule has 0 unspecified atom stereocenters. The molecule has 0 saturated heterocycles. The molecule has 0 aliphatic heterocycles. The van der Waals surface area contributed by atoms with Crippen LogP contribution in [0.15, 0.2) is 50.6 Å². The van der Waals surface area contributed by atoms with E-state index in [1.165, 1.54) is 77.0 Å². The first-order chi connectivity index (χ1) is 25.9. The highest BCUT2D eigenvalue weighted by Gasteiger charge is 2.40. The molecule has 0 aliphatic rings. The van der Waals surface area contributed by atoms with Gasteiger partial charge in [0, 0.05) is 0 Å². The molecular formula is C44H84O7P2. The molecule has 7 nitrogen and oxygen atoms in total. The van der Waals surface area contributed by atoms with Crippen LogP contribution in [0, 0.1) is 0 Å². The van der Waals surface area contributed by atoms with Crippen molar-refractivity contribution in [2.45, 2.75) is 205 Å². The molecule has 0 rings (SSSR count). The minimum atomic E-state index is -4.19. The monoisotopic (exact) mass is 787 g/mol. The van der Waals surface area contributed by atoms with Crippen molar-refractivity contribution in [2.24, 2.45) is 0 Å². The van der Waals surface area contributed by atoms with E-state index in [0.717, 1.165) is 128 Å². The van der Waals surface area contributed by atoms with Crippen LogP contribution in [-0.4, -0.2) is 26.4 Å². The minimum Gasteiger partial charge on any atom is -0.287 e. The molecule has 0 radical (unpaired) electrons. The summed E-state index contributed by atoms with van der Waals surface area (Å²) in [5, 5.41) is 0. The molecular weight excluding hydrogens is 702 g/mol. The third-order valence-electron chi connectivity index (χ3n) is 9.41. The van der Waals surface area contributed by atoms with Gasteiger partial charge in [-0.1, -0.05) is 153 Å².